The summed E-state index contributed by atoms with van der Waals surface area (Å²) < 4.78 is 0. The molecule has 15 heavy (non-hydrogen) atoms. The fraction of sp³-hybridized carbons (Fsp3) is 0.600. The largest absolute Gasteiger partial charge is 0.356 e. The van der Waals surface area contributed by atoms with E-state index in [2.05, 4.69) is 14.9 Å². The van der Waals surface area contributed by atoms with Crippen LogP contribution in [-0.2, 0) is 0 Å². The van der Waals surface area contributed by atoms with Gasteiger partial charge in [-0.25, -0.2) is 9.97 Å². The maximum Gasteiger partial charge on any atom is 0.134 e. The van der Waals surface area contributed by atoms with Crippen LogP contribution in [0.2, 0.25) is 5.15 Å². The summed E-state index contributed by atoms with van der Waals surface area (Å²) in [5.41, 5.74) is 5.69. The highest BCUT2D eigenvalue weighted by molar-refractivity contribution is 6.29. The van der Waals surface area contributed by atoms with E-state index in [0.717, 1.165) is 25.5 Å². The molecule has 0 aromatic carbocycles. The van der Waals surface area contributed by atoms with Gasteiger partial charge >= 0.3 is 0 Å². The third-order valence-electron chi connectivity index (χ3n) is 2.80. The van der Waals surface area contributed by atoms with Gasteiger partial charge in [0, 0.05) is 19.2 Å². The van der Waals surface area contributed by atoms with E-state index in [1.54, 1.807) is 6.07 Å². The standard InChI is InChI=1S/C10H15ClN4/c11-9-4-10(14-7-13-9)15-3-1-2-8(5-12)6-15/h4,7-8H,1-3,5-6,12H2/t8-/m0/s1. The van der Waals surface area contributed by atoms with Crippen LogP contribution in [0, 0.1) is 5.92 Å². The zero-order chi connectivity index (χ0) is 10.7. The van der Waals surface area contributed by atoms with Gasteiger partial charge in [0.15, 0.2) is 0 Å². The van der Waals surface area contributed by atoms with Crippen LogP contribution >= 0.6 is 11.6 Å². The van der Waals surface area contributed by atoms with E-state index in [0.29, 0.717) is 11.1 Å². The van der Waals surface area contributed by atoms with Gasteiger partial charge in [-0.2, -0.15) is 0 Å². The van der Waals surface area contributed by atoms with E-state index in [1.165, 1.54) is 19.2 Å². The Hall–Kier alpha value is -0.870. The molecule has 2 heterocycles. The summed E-state index contributed by atoms with van der Waals surface area (Å²) in [6.07, 6.45) is 3.89. The van der Waals surface area contributed by atoms with Crippen LogP contribution in [0.25, 0.3) is 0 Å². The summed E-state index contributed by atoms with van der Waals surface area (Å²) >= 11 is 5.83. The summed E-state index contributed by atoms with van der Waals surface area (Å²) in [5.74, 6) is 1.49. The molecular formula is C10H15ClN4. The zero-order valence-electron chi connectivity index (χ0n) is 8.56. The fourth-order valence-electron chi connectivity index (χ4n) is 1.96. The predicted octanol–water partition coefficient (Wildman–Crippen LogP) is 1.31. The van der Waals surface area contributed by atoms with E-state index >= 15 is 0 Å². The molecule has 1 aliphatic heterocycles. The number of rotatable bonds is 2. The van der Waals surface area contributed by atoms with E-state index in [-0.39, 0.29) is 0 Å². The van der Waals surface area contributed by atoms with Crippen molar-refractivity contribution in [3.63, 3.8) is 0 Å². The van der Waals surface area contributed by atoms with Gasteiger partial charge in [0.05, 0.1) is 0 Å². The molecule has 0 aliphatic carbocycles. The van der Waals surface area contributed by atoms with Crippen molar-refractivity contribution >= 4 is 17.4 Å². The normalized spacial score (nSPS) is 21.7. The van der Waals surface area contributed by atoms with Gasteiger partial charge in [0.1, 0.15) is 17.3 Å². The first-order valence-corrected chi connectivity index (χ1v) is 5.60. The second kappa shape index (κ2) is 4.77. The molecule has 0 saturated carbocycles. The molecule has 1 aromatic rings. The lowest BCUT2D eigenvalue weighted by Crippen LogP contribution is -2.38. The van der Waals surface area contributed by atoms with Crippen molar-refractivity contribution in [3.05, 3.63) is 17.5 Å². The molecule has 5 heteroatoms. The quantitative estimate of drug-likeness (QED) is 0.773. The topological polar surface area (TPSA) is 55.0 Å². The van der Waals surface area contributed by atoms with Gasteiger partial charge in [0.25, 0.3) is 0 Å². The van der Waals surface area contributed by atoms with Crippen molar-refractivity contribution in [1.82, 2.24) is 9.97 Å². The van der Waals surface area contributed by atoms with Crippen molar-refractivity contribution < 1.29 is 0 Å². The second-order valence-corrected chi connectivity index (χ2v) is 4.28. The summed E-state index contributed by atoms with van der Waals surface area (Å²) in [5, 5.41) is 0.495. The molecule has 4 nitrogen and oxygen atoms in total. The number of halogens is 1. The highest BCUT2D eigenvalue weighted by atomic mass is 35.5. The van der Waals surface area contributed by atoms with E-state index in [1.807, 2.05) is 0 Å². The molecule has 82 valence electrons. The van der Waals surface area contributed by atoms with Crippen LogP contribution in [0.15, 0.2) is 12.4 Å². The maximum absolute atomic E-state index is 5.83. The predicted molar refractivity (Wildman–Crippen MR) is 61.0 cm³/mol. The zero-order valence-corrected chi connectivity index (χ0v) is 9.32. The molecular weight excluding hydrogens is 212 g/mol. The lowest BCUT2D eigenvalue weighted by Gasteiger charge is -2.32. The van der Waals surface area contributed by atoms with Gasteiger partial charge in [-0.15, -0.1) is 0 Å². The van der Waals surface area contributed by atoms with Crippen molar-refractivity contribution in [3.8, 4) is 0 Å². The smallest absolute Gasteiger partial charge is 0.134 e. The van der Waals surface area contributed by atoms with Gasteiger partial charge in [0.2, 0.25) is 0 Å². The Kier molecular flexibility index (Phi) is 3.38. The third kappa shape index (κ3) is 2.58. The van der Waals surface area contributed by atoms with E-state index in [9.17, 15) is 0 Å². The van der Waals surface area contributed by atoms with Crippen LogP contribution in [0.1, 0.15) is 12.8 Å². The Morgan fingerprint density at radius 3 is 3.13 bits per heavy atom. The lowest BCUT2D eigenvalue weighted by atomic mass is 9.98. The molecule has 0 radical (unpaired) electrons. The summed E-state index contributed by atoms with van der Waals surface area (Å²) in [4.78, 5) is 10.3. The maximum atomic E-state index is 5.83. The average Bonchev–Trinajstić information content (AvgIpc) is 2.29. The van der Waals surface area contributed by atoms with E-state index < -0.39 is 0 Å². The van der Waals surface area contributed by atoms with Gasteiger partial charge < -0.3 is 10.6 Å². The third-order valence-corrected chi connectivity index (χ3v) is 3.00. The molecule has 1 atom stereocenters. The molecule has 2 rings (SSSR count). The molecule has 0 spiro atoms. The summed E-state index contributed by atoms with van der Waals surface area (Å²) in [6, 6.07) is 1.81. The first-order chi connectivity index (χ1) is 7.29. The van der Waals surface area contributed by atoms with Crippen LogP contribution in [-0.4, -0.2) is 29.6 Å². The number of piperidine rings is 1. The first-order valence-electron chi connectivity index (χ1n) is 5.22. The van der Waals surface area contributed by atoms with Gasteiger partial charge in [-0.3, -0.25) is 0 Å². The minimum absolute atomic E-state index is 0.495. The molecule has 1 aromatic heterocycles. The monoisotopic (exact) mass is 226 g/mol. The summed E-state index contributed by atoms with van der Waals surface area (Å²) in [6.45, 7) is 2.75. The van der Waals surface area contributed by atoms with E-state index in [4.69, 9.17) is 17.3 Å². The Labute approximate surface area is 94.5 Å². The fourth-order valence-corrected chi connectivity index (χ4v) is 2.10. The highest BCUT2D eigenvalue weighted by Crippen LogP contribution is 2.21. The second-order valence-electron chi connectivity index (χ2n) is 3.89. The average molecular weight is 227 g/mol. The van der Waals surface area contributed by atoms with Crippen molar-refractivity contribution in [1.29, 1.82) is 0 Å². The molecule has 2 N–H and O–H groups in total. The molecule has 1 aliphatic rings. The molecule has 0 bridgehead atoms. The Balaban J connectivity index is 2.09. The van der Waals surface area contributed by atoms with Gasteiger partial charge in [-0.1, -0.05) is 11.6 Å². The molecule has 1 saturated heterocycles. The lowest BCUT2D eigenvalue weighted by molar-refractivity contribution is 0.421. The number of nitrogens with zero attached hydrogens (tertiary/aromatic N) is 3. The van der Waals surface area contributed by atoms with Crippen molar-refractivity contribution in [2.24, 2.45) is 11.7 Å². The minimum atomic E-state index is 0.495. The first kappa shape index (κ1) is 10.6. The van der Waals surface area contributed by atoms with Crippen LogP contribution in [0.5, 0.6) is 0 Å². The van der Waals surface area contributed by atoms with Crippen LogP contribution in [0.3, 0.4) is 0 Å². The minimum Gasteiger partial charge on any atom is -0.356 e. The highest BCUT2D eigenvalue weighted by Gasteiger charge is 2.19. The number of nitrogens with two attached hydrogens (primary N) is 1. The molecule has 0 unspecified atom stereocenters. The number of aromatic nitrogens is 2. The van der Waals surface area contributed by atoms with Gasteiger partial charge in [-0.05, 0) is 25.3 Å². The Morgan fingerprint density at radius 2 is 2.40 bits per heavy atom. The Morgan fingerprint density at radius 1 is 1.53 bits per heavy atom. The molecule has 0 amide bonds. The molecule has 1 fully saturated rings. The number of hydrogen-bond acceptors (Lipinski definition) is 4. The van der Waals surface area contributed by atoms with Crippen molar-refractivity contribution in [2.75, 3.05) is 24.5 Å². The van der Waals surface area contributed by atoms with Crippen molar-refractivity contribution in [2.45, 2.75) is 12.8 Å². The van der Waals surface area contributed by atoms with Crippen LogP contribution in [0.4, 0.5) is 5.82 Å². The number of hydrogen-bond donors (Lipinski definition) is 1. The Bertz CT molecular complexity index is 331. The summed E-state index contributed by atoms with van der Waals surface area (Å²) in [7, 11) is 0. The number of anilines is 1. The SMILES string of the molecule is NC[C@@H]1CCCN(c2cc(Cl)ncn2)C1. The van der Waals surface area contributed by atoms with Crippen LogP contribution < -0.4 is 10.6 Å².